The second kappa shape index (κ2) is 13.0. The van der Waals surface area contributed by atoms with E-state index in [-0.39, 0.29) is 47.5 Å². The maximum absolute atomic E-state index is 11.5. The maximum atomic E-state index is 11.5. The van der Waals surface area contributed by atoms with Gasteiger partial charge in [-0.15, -0.1) is 0 Å². The molecule has 0 aliphatic carbocycles. The van der Waals surface area contributed by atoms with Crippen molar-refractivity contribution in [3.05, 3.63) is 82.9 Å². The summed E-state index contributed by atoms with van der Waals surface area (Å²) in [6, 6.07) is 18.1. The van der Waals surface area contributed by atoms with Crippen LogP contribution in [0.25, 0.3) is 21.5 Å². The van der Waals surface area contributed by atoms with E-state index in [2.05, 4.69) is 0 Å². The van der Waals surface area contributed by atoms with Gasteiger partial charge in [0.2, 0.25) is 0 Å². The minimum Gasteiger partial charge on any atom is -0.744 e. The Bertz CT molecular complexity index is 1500. The summed E-state index contributed by atoms with van der Waals surface area (Å²) in [5.74, 6) is 0. The van der Waals surface area contributed by atoms with Gasteiger partial charge in [-0.3, -0.25) is 0 Å². The van der Waals surface area contributed by atoms with E-state index in [0.717, 1.165) is 34.7 Å². The average Bonchev–Trinajstić information content (AvgIpc) is 2.85. The Kier molecular flexibility index (Phi) is 11.2. The van der Waals surface area contributed by atoms with E-state index in [9.17, 15) is 25.9 Å². The zero-order valence-electron chi connectivity index (χ0n) is 21.6. The molecule has 6 nitrogen and oxygen atoms in total. The van der Waals surface area contributed by atoms with E-state index in [1.165, 1.54) is 0 Å². The summed E-state index contributed by atoms with van der Waals surface area (Å²) in [7, 11) is -8.89. The number of hydrogen-bond acceptors (Lipinski definition) is 6. The van der Waals surface area contributed by atoms with Crippen LogP contribution < -0.4 is 0 Å². The van der Waals surface area contributed by atoms with Crippen LogP contribution in [-0.4, -0.2) is 63.7 Å². The first kappa shape index (κ1) is 31.7. The fourth-order valence-corrected chi connectivity index (χ4v) is 6.62. The molecular weight excluding hydrogens is 537 g/mol. The zero-order valence-corrected chi connectivity index (χ0v) is 25.4. The van der Waals surface area contributed by atoms with Crippen molar-refractivity contribution in [3.63, 3.8) is 0 Å². The van der Waals surface area contributed by atoms with Crippen molar-refractivity contribution in [2.75, 3.05) is 0 Å². The van der Waals surface area contributed by atoms with Crippen LogP contribution in [0.1, 0.15) is 49.9 Å². The first-order valence-electron chi connectivity index (χ1n) is 12.0. The van der Waals surface area contributed by atoms with Crippen LogP contribution in [-0.2, 0) is 45.9 Å². The van der Waals surface area contributed by atoms with Crippen LogP contribution in [0.2, 0.25) is 0 Å². The van der Waals surface area contributed by atoms with E-state index >= 15 is 0 Å². The summed E-state index contributed by atoms with van der Waals surface area (Å²) in [5.41, 5.74) is 3.38. The molecule has 0 aliphatic heterocycles. The average molecular weight is 567 g/mol. The third-order valence-corrected chi connectivity index (χ3v) is 8.30. The molecule has 4 rings (SSSR count). The Morgan fingerprint density at radius 3 is 1.03 bits per heavy atom. The van der Waals surface area contributed by atoms with Gasteiger partial charge in [0.25, 0.3) is 0 Å². The number of rotatable bonds is 6. The molecule has 0 saturated heterocycles. The fraction of sp³-hybridized carbons (Fsp3) is 0.286. The number of benzene rings is 4. The standard InChI is InChI=1S/2C14H16O3S.Ca/c2*1-3-10-9-11(4-2)14(18(15,16)17)13-8-6-5-7-12(10)13;/h2*5-9H,3-4H2,1-2H3,(H,15,16,17);/q;;+2/p-2. The number of aryl methyl sites for hydroxylation is 4. The van der Waals surface area contributed by atoms with Gasteiger partial charge in [0.1, 0.15) is 20.2 Å². The predicted molar refractivity (Wildman–Crippen MR) is 147 cm³/mol. The Hall–Kier alpha value is -1.52. The molecule has 0 heterocycles. The molecule has 0 unspecified atom stereocenters. The van der Waals surface area contributed by atoms with Crippen LogP contribution in [0.5, 0.6) is 0 Å². The summed E-state index contributed by atoms with van der Waals surface area (Å²) in [4.78, 5) is -0.115. The van der Waals surface area contributed by atoms with Gasteiger partial charge in [-0.2, -0.15) is 0 Å². The normalized spacial score (nSPS) is 11.6. The third kappa shape index (κ3) is 6.92. The molecule has 0 bridgehead atoms. The van der Waals surface area contributed by atoms with Crippen LogP contribution >= 0.6 is 0 Å². The largest absolute Gasteiger partial charge is 2.00 e. The molecule has 0 radical (unpaired) electrons. The Balaban J connectivity index is 0.000000253. The summed E-state index contributed by atoms with van der Waals surface area (Å²) < 4.78 is 68.8. The molecular formula is C28H30CaO6S2. The van der Waals surface area contributed by atoms with Crippen molar-refractivity contribution in [1.82, 2.24) is 0 Å². The quantitative estimate of drug-likeness (QED) is 0.229. The van der Waals surface area contributed by atoms with Gasteiger partial charge in [-0.05, 0) is 69.5 Å². The first-order valence-corrected chi connectivity index (χ1v) is 14.8. The van der Waals surface area contributed by atoms with Crippen LogP contribution in [0, 0.1) is 0 Å². The minimum atomic E-state index is -4.45. The molecule has 4 aromatic carbocycles. The molecule has 9 heteroatoms. The van der Waals surface area contributed by atoms with Crippen LogP contribution in [0.4, 0.5) is 0 Å². The smallest absolute Gasteiger partial charge is 0.744 e. The molecule has 0 atom stereocenters. The SMILES string of the molecule is CCc1cc(CC)c2ccccc2c1S(=O)(=O)[O-].CCc1cc(CC)c2ccccc2c1S(=O)(=O)[O-].[Ca+2]. The first-order chi connectivity index (χ1) is 17.0. The second-order valence-corrected chi connectivity index (χ2v) is 11.1. The molecule has 0 N–H and O–H groups in total. The summed E-state index contributed by atoms with van der Waals surface area (Å²) in [5, 5.41) is 2.80. The van der Waals surface area contributed by atoms with Gasteiger partial charge in [0.15, 0.2) is 0 Å². The molecule has 0 fully saturated rings. The van der Waals surface area contributed by atoms with E-state index in [1.54, 1.807) is 24.3 Å². The number of hydrogen-bond donors (Lipinski definition) is 0. The fourth-order valence-electron chi connectivity index (χ4n) is 4.68. The minimum absolute atomic E-state index is 0. The van der Waals surface area contributed by atoms with Gasteiger partial charge in [-0.1, -0.05) is 88.4 Å². The van der Waals surface area contributed by atoms with Gasteiger partial charge < -0.3 is 9.11 Å². The van der Waals surface area contributed by atoms with Crippen molar-refractivity contribution in [2.24, 2.45) is 0 Å². The van der Waals surface area contributed by atoms with Gasteiger partial charge >= 0.3 is 37.7 Å². The molecule has 192 valence electrons. The monoisotopic (exact) mass is 566 g/mol. The molecule has 0 amide bonds. The molecule has 4 aromatic rings. The van der Waals surface area contributed by atoms with Gasteiger partial charge in [0.05, 0.1) is 9.79 Å². The Morgan fingerprint density at radius 2 is 0.784 bits per heavy atom. The Morgan fingerprint density at radius 1 is 0.514 bits per heavy atom. The maximum Gasteiger partial charge on any atom is 2.00 e. The van der Waals surface area contributed by atoms with Crippen LogP contribution in [0.15, 0.2) is 70.5 Å². The molecule has 0 aromatic heterocycles. The summed E-state index contributed by atoms with van der Waals surface area (Å²) >= 11 is 0. The van der Waals surface area contributed by atoms with E-state index < -0.39 is 20.2 Å². The summed E-state index contributed by atoms with van der Waals surface area (Å²) in [6.07, 6.45) is 2.70. The van der Waals surface area contributed by atoms with Crippen molar-refractivity contribution in [3.8, 4) is 0 Å². The van der Waals surface area contributed by atoms with Gasteiger partial charge in [-0.25, -0.2) is 16.8 Å². The third-order valence-electron chi connectivity index (χ3n) is 6.34. The van der Waals surface area contributed by atoms with Crippen molar-refractivity contribution in [1.29, 1.82) is 0 Å². The van der Waals surface area contributed by atoms with Crippen molar-refractivity contribution >= 4 is 79.5 Å². The topological polar surface area (TPSA) is 114 Å². The predicted octanol–water partition coefficient (Wildman–Crippen LogP) is 5.36. The zero-order chi connectivity index (χ0) is 26.7. The summed E-state index contributed by atoms with van der Waals surface area (Å²) in [6.45, 7) is 7.76. The molecule has 0 saturated carbocycles. The van der Waals surface area contributed by atoms with Crippen molar-refractivity contribution in [2.45, 2.75) is 63.2 Å². The van der Waals surface area contributed by atoms with E-state index in [4.69, 9.17) is 0 Å². The second-order valence-electron chi connectivity index (χ2n) is 8.46. The molecule has 0 aliphatic rings. The number of fused-ring (bicyclic) bond motifs is 2. The van der Waals surface area contributed by atoms with Crippen LogP contribution in [0.3, 0.4) is 0 Å². The Labute approximate surface area is 249 Å². The van der Waals surface area contributed by atoms with Crippen molar-refractivity contribution < 1.29 is 25.9 Å². The molecule has 37 heavy (non-hydrogen) atoms. The molecule has 0 spiro atoms. The van der Waals surface area contributed by atoms with E-state index in [0.29, 0.717) is 34.7 Å². The van der Waals surface area contributed by atoms with Gasteiger partial charge in [0, 0.05) is 0 Å². The van der Waals surface area contributed by atoms with E-state index in [1.807, 2.05) is 64.1 Å².